The largest absolute Gasteiger partial charge is 0.391 e. The molecule has 0 saturated carbocycles. The molecular weight excluding hydrogens is 372 g/mol. The topological polar surface area (TPSA) is 43.4 Å². The Morgan fingerprint density at radius 1 is 1.31 bits per heavy atom. The SMILES string of the molecule is [CH2]CCCC(=O)OC(=O)C(Br)(Br)Br. The zero-order chi connectivity index (χ0) is 10.5. The summed E-state index contributed by atoms with van der Waals surface area (Å²) in [6.07, 6.45) is 1.47. The Balaban J connectivity index is 3.86. The summed E-state index contributed by atoms with van der Waals surface area (Å²) in [5.74, 6) is -1.27. The Labute approximate surface area is 102 Å². The molecule has 3 nitrogen and oxygen atoms in total. The maximum atomic E-state index is 11.0. The average molecular weight is 380 g/mol. The molecule has 0 bridgehead atoms. The first kappa shape index (κ1) is 13.6. The molecule has 0 aliphatic heterocycles. The van der Waals surface area contributed by atoms with Crippen LogP contribution in [0.2, 0.25) is 0 Å². The molecule has 0 saturated heterocycles. The molecule has 0 heterocycles. The van der Waals surface area contributed by atoms with Crippen molar-refractivity contribution in [3.8, 4) is 0 Å². The fraction of sp³-hybridized carbons (Fsp3) is 0.571. The molecule has 0 atom stereocenters. The minimum Gasteiger partial charge on any atom is -0.391 e. The van der Waals surface area contributed by atoms with Gasteiger partial charge in [-0.2, -0.15) is 0 Å². The highest BCUT2D eigenvalue weighted by molar-refractivity contribution is 9.40. The Morgan fingerprint density at radius 2 is 1.85 bits per heavy atom. The van der Waals surface area contributed by atoms with Crippen LogP contribution in [0.25, 0.3) is 0 Å². The van der Waals surface area contributed by atoms with Gasteiger partial charge >= 0.3 is 11.9 Å². The van der Waals surface area contributed by atoms with Crippen LogP contribution in [-0.2, 0) is 14.3 Å². The zero-order valence-corrected chi connectivity index (χ0v) is 11.4. The van der Waals surface area contributed by atoms with Crippen molar-refractivity contribution >= 4 is 59.7 Å². The standard InChI is InChI=1S/C7H8Br3O3/c1-2-3-4-5(11)13-6(12)7(8,9)10/h1-4H2. The fourth-order valence-corrected chi connectivity index (χ4v) is 0.724. The van der Waals surface area contributed by atoms with Gasteiger partial charge in [-0.3, -0.25) is 4.79 Å². The fourth-order valence-electron chi connectivity index (χ4n) is 0.482. The second-order valence-electron chi connectivity index (χ2n) is 2.22. The van der Waals surface area contributed by atoms with Crippen LogP contribution in [0.5, 0.6) is 0 Å². The van der Waals surface area contributed by atoms with Crippen LogP contribution in [0.1, 0.15) is 19.3 Å². The Hall–Kier alpha value is 0.580. The quantitative estimate of drug-likeness (QED) is 0.430. The lowest BCUT2D eigenvalue weighted by atomic mass is 10.2. The highest BCUT2D eigenvalue weighted by Crippen LogP contribution is 2.34. The van der Waals surface area contributed by atoms with Crippen LogP contribution in [0.4, 0.5) is 0 Å². The molecule has 0 aliphatic rings. The number of ether oxygens (including phenoxy) is 1. The van der Waals surface area contributed by atoms with Crippen LogP contribution in [0.3, 0.4) is 0 Å². The van der Waals surface area contributed by atoms with Crippen molar-refractivity contribution in [3.63, 3.8) is 0 Å². The number of halogens is 3. The summed E-state index contributed by atoms with van der Waals surface area (Å²) in [5.41, 5.74) is 0. The minimum atomic E-state index is -1.17. The van der Waals surface area contributed by atoms with E-state index in [-0.39, 0.29) is 6.42 Å². The predicted molar refractivity (Wildman–Crippen MR) is 59.8 cm³/mol. The molecule has 75 valence electrons. The molecule has 0 aromatic carbocycles. The van der Waals surface area contributed by atoms with E-state index in [9.17, 15) is 9.59 Å². The number of hydrogen-bond donors (Lipinski definition) is 0. The molecule has 0 spiro atoms. The number of alkyl halides is 3. The molecule has 0 aromatic rings. The molecule has 13 heavy (non-hydrogen) atoms. The first-order chi connectivity index (χ1) is 5.88. The van der Waals surface area contributed by atoms with E-state index >= 15 is 0 Å². The molecule has 0 aliphatic carbocycles. The van der Waals surface area contributed by atoms with Gasteiger partial charge in [0, 0.05) is 6.42 Å². The average Bonchev–Trinajstić information content (AvgIpc) is 1.99. The van der Waals surface area contributed by atoms with Crippen molar-refractivity contribution in [2.45, 2.75) is 21.4 Å². The molecule has 0 fully saturated rings. The highest BCUT2D eigenvalue weighted by atomic mass is 80.0. The van der Waals surface area contributed by atoms with Crippen molar-refractivity contribution < 1.29 is 14.3 Å². The monoisotopic (exact) mass is 377 g/mol. The second kappa shape index (κ2) is 6.14. The lowest BCUT2D eigenvalue weighted by molar-refractivity contribution is -0.158. The summed E-state index contributed by atoms with van der Waals surface area (Å²) in [5, 5.41) is 0. The first-order valence-corrected chi connectivity index (χ1v) is 5.87. The van der Waals surface area contributed by atoms with E-state index in [0.29, 0.717) is 12.8 Å². The van der Waals surface area contributed by atoms with Crippen molar-refractivity contribution in [2.24, 2.45) is 0 Å². The van der Waals surface area contributed by atoms with Crippen LogP contribution >= 0.6 is 47.8 Å². The first-order valence-electron chi connectivity index (χ1n) is 3.49. The summed E-state index contributed by atoms with van der Waals surface area (Å²) in [7, 11) is 0. The predicted octanol–water partition coefficient (Wildman–Crippen LogP) is 2.90. The number of unbranched alkanes of at least 4 members (excludes halogenated alkanes) is 1. The number of carbonyl (C=O) groups is 2. The van der Waals surface area contributed by atoms with E-state index in [2.05, 4.69) is 59.5 Å². The summed E-state index contributed by atoms with van der Waals surface area (Å²) >= 11 is 8.80. The number of rotatable bonds is 3. The maximum absolute atomic E-state index is 11.0. The lowest BCUT2D eigenvalue weighted by Gasteiger charge is -2.09. The molecule has 1 radical (unpaired) electrons. The van der Waals surface area contributed by atoms with E-state index in [4.69, 9.17) is 0 Å². The molecule has 6 heteroatoms. The van der Waals surface area contributed by atoms with Gasteiger partial charge in [0.2, 0.25) is 2.14 Å². The van der Waals surface area contributed by atoms with Gasteiger partial charge in [-0.25, -0.2) is 4.79 Å². The van der Waals surface area contributed by atoms with Gasteiger partial charge in [0.1, 0.15) is 0 Å². The number of esters is 2. The van der Waals surface area contributed by atoms with Crippen molar-refractivity contribution in [1.82, 2.24) is 0 Å². The smallest absolute Gasteiger partial charge is 0.352 e. The second-order valence-corrected chi connectivity index (χ2v) is 8.98. The molecule has 0 aromatic heterocycles. The van der Waals surface area contributed by atoms with E-state index in [1.807, 2.05) is 0 Å². The molecular formula is C7H8Br3O3. The maximum Gasteiger partial charge on any atom is 0.352 e. The zero-order valence-electron chi connectivity index (χ0n) is 6.69. The molecule has 0 rings (SSSR count). The lowest BCUT2D eigenvalue weighted by Crippen LogP contribution is -2.23. The number of hydrogen-bond acceptors (Lipinski definition) is 3. The van der Waals surface area contributed by atoms with Gasteiger partial charge in [-0.1, -0.05) is 13.3 Å². The summed E-state index contributed by atoms with van der Waals surface area (Å²) < 4.78 is 3.30. The Kier molecular flexibility index (Phi) is 6.41. The van der Waals surface area contributed by atoms with Crippen molar-refractivity contribution in [3.05, 3.63) is 6.92 Å². The Bertz CT molecular complexity index is 198. The van der Waals surface area contributed by atoms with Gasteiger partial charge < -0.3 is 4.74 Å². The third-order valence-electron chi connectivity index (χ3n) is 1.07. The summed E-state index contributed by atoms with van der Waals surface area (Å²) in [6, 6.07) is 0. The van der Waals surface area contributed by atoms with E-state index in [1.165, 1.54) is 0 Å². The molecule has 0 amide bonds. The molecule has 0 N–H and O–H groups in total. The van der Waals surface area contributed by atoms with Crippen LogP contribution in [0.15, 0.2) is 0 Å². The highest BCUT2D eigenvalue weighted by Gasteiger charge is 2.32. The van der Waals surface area contributed by atoms with Crippen LogP contribution < -0.4 is 0 Å². The molecule has 0 unspecified atom stereocenters. The van der Waals surface area contributed by atoms with Gasteiger partial charge in [-0.05, 0) is 54.2 Å². The van der Waals surface area contributed by atoms with E-state index in [0.717, 1.165) is 0 Å². The van der Waals surface area contributed by atoms with E-state index < -0.39 is 14.1 Å². The normalized spacial score (nSPS) is 11.1. The number of carbonyl (C=O) groups excluding carboxylic acids is 2. The van der Waals surface area contributed by atoms with Crippen molar-refractivity contribution in [1.29, 1.82) is 0 Å². The Morgan fingerprint density at radius 3 is 2.23 bits per heavy atom. The summed E-state index contributed by atoms with van der Waals surface area (Å²) in [4.78, 5) is 22.0. The van der Waals surface area contributed by atoms with Gasteiger partial charge in [0.05, 0.1) is 0 Å². The third kappa shape index (κ3) is 6.62. The van der Waals surface area contributed by atoms with Crippen LogP contribution in [0, 0.1) is 6.92 Å². The third-order valence-corrected chi connectivity index (χ3v) is 2.04. The van der Waals surface area contributed by atoms with E-state index in [1.54, 1.807) is 0 Å². The van der Waals surface area contributed by atoms with Gasteiger partial charge in [0.15, 0.2) is 0 Å². The van der Waals surface area contributed by atoms with Gasteiger partial charge in [-0.15, -0.1) is 0 Å². The summed E-state index contributed by atoms with van der Waals surface area (Å²) in [6.45, 7) is 3.57. The van der Waals surface area contributed by atoms with Crippen LogP contribution in [-0.4, -0.2) is 14.1 Å². The van der Waals surface area contributed by atoms with Gasteiger partial charge in [0.25, 0.3) is 0 Å². The minimum absolute atomic E-state index is 0.207. The van der Waals surface area contributed by atoms with Crippen molar-refractivity contribution in [2.75, 3.05) is 0 Å².